The molecule has 0 aliphatic heterocycles. The average molecular weight is 198 g/mol. The highest BCUT2D eigenvalue weighted by molar-refractivity contribution is 5.81. The third kappa shape index (κ3) is 1.19. The van der Waals surface area contributed by atoms with Crippen LogP contribution in [-0.2, 0) is 6.61 Å². The molecule has 0 unspecified atom stereocenters. The van der Waals surface area contributed by atoms with E-state index in [9.17, 15) is 8.78 Å². The van der Waals surface area contributed by atoms with Crippen LogP contribution in [0.15, 0.2) is 16.5 Å². The maximum Gasteiger partial charge on any atom is 0.172 e. The Morgan fingerprint density at radius 1 is 1.36 bits per heavy atom. The summed E-state index contributed by atoms with van der Waals surface area (Å²) in [5.74, 6) is -1.06. The first-order chi connectivity index (χ1) is 6.63. The van der Waals surface area contributed by atoms with Crippen LogP contribution in [0.2, 0.25) is 0 Å². The molecule has 4 heteroatoms. The number of furan rings is 1. The number of aliphatic hydroxyl groups excluding tert-OH is 1. The van der Waals surface area contributed by atoms with Gasteiger partial charge in [0.15, 0.2) is 5.82 Å². The van der Waals surface area contributed by atoms with E-state index in [0.717, 1.165) is 12.1 Å². The molecule has 0 saturated carbocycles. The van der Waals surface area contributed by atoms with Crippen molar-refractivity contribution in [3.8, 4) is 0 Å². The van der Waals surface area contributed by atoms with Gasteiger partial charge in [0.25, 0.3) is 0 Å². The number of aliphatic hydroxyl groups is 1. The third-order valence-electron chi connectivity index (χ3n) is 2.10. The highest BCUT2D eigenvalue weighted by Crippen LogP contribution is 2.27. The van der Waals surface area contributed by atoms with E-state index in [4.69, 9.17) is 9.52 Å². The highest BCUT2D eigenvalue weighted by Gasteiger charge is 2.14. The molecule has 0 aliphatic carbocycles. The monoisotopic (exact) mass is 198 g/mol. The predicted octanol–water partition coefficient (Wildman–Crippen LogP) is 2.51. The van der Waals surface area contributed by atoms with E-state index in [0.29, 0.717) is 0 Å². The second kappa shape index (κ2) is 3.06. The summed E-state index contributed by atoms with van der Waals surface area (Å²) in [4.78, 5) is 0. The minimum absolute atomic E-state index is 0.0755. The summed E-state index contributed by atoms with van der Waals surface area (Å²) < 4.78 is 31.3. The average Bonchev–Trinajstić information content (AvgIpc) is 2.43. The summed E-state index contributed by atoms with van der Waals surface area (Å²) in [6, 6.07) is 2.19. The first-order valence-electron chi connectivity index (χ1n) is 4.11. The Bertz CT molecular complexity index is 488. The molecule has 0 fully saturated rings. The summed E-state index contributed by atoms with van der Waals surface area (Å²) in [6.07, 6.45) is 0. The summed E-state index contributed by atoms with van der Waals surface area (Å²) in [5.41, 5.74) is 0.468. The number of hydrogen-bond acceptors (Lipinski definition) is 2. The van der Waals surface area contributed by atoms with Gasteiger partial charge >= 0.3 is 0 Å². The number of rotatable bonds is 1. The molecular weight excluding hydrogens is 190 g/mol. The number of benzene rings is 1. The minimum Gasteiger partial charge on any atom is -0.458 e. The Labute approximate surface area is 78.8 Å². The fourth-order valence-electron chi connectivity index (χ4n) is 1.44. The van der Waals surface area contributed by atoms with E-state index in [-0.39, 0.29) is 28.9 Å². The molecule has 0 saturated heterocycles. The smallest absolute Gasteiger partial charge is 0.172 e. The van der Waals surface area contributed by atoms with Crippen molar-refractivity contribution in [1.29, 1.82) is 0 Å². The lowest BCUT2D eigenvalue weighted by Crippen LogP contribution is -1.86. The molecule has 2 nitrogen and oxygen atoms in total. The van der Waals surface area contributed by atoms with Crippen molar-refractivity contribution in [3.63, 3.8) is 0 Å². The van der Waals surface area contributed by atoms with Crippen molar-refractivity contribution < 1.29 is 18.3 Å². The Morgan fingerprint density at radius 3 is 2.71 bits per heavy atom. The number of aryl methyl sites for hydroxylation is 1. The Morgan fingerprint density at radius 2 is 2.07 bits per heavy atom. The van der Waals surface area contributed by atoms with Crippen molar-refractivity contribution in [1.82, 2.24) is 0 Å². The van der Waals surface area contributed by atoms with Gasteiger partial charge in [-0.25, -0.2) is 8.78 Å². The third-order valence-corrected chi connectivity index (χ3v) is 2.10. The number of hydrogen-bond donors (Lipinski definition) is 1. The van der Waals surface area contributed by atoms with Gasteiger partial charge < -0.3 is 9.52 Å². The molecule has 0 atom stereocenters. The van der Waals surface area contributed by atoms with Crippen LogP contribution in [0.1, 0.15) is 11.3 Å². The fourth-order valence-corrected chi connectivity index (χ4v) is 1.44. The van der Waals surface area contributed by atoms with E-state index in [2.05, 4.69) is 0 Å². The zero-order valence-corrected chi connectivity index (χ0v) is 7.47. The minimum atomic E-state index is -0.582. The van der Waals surface area contributed by atoms with E-state index in [1.54, 1.807) is 0 Å². The van der Waals surface area contributed by atoms with Crippen molar-refractivity contribution in [3.05, 3.63) is 35.1 Å². The molecule has 0 aliphatic rings. The molecule has 0 bridgehead atoms. The summed E-state index contributed by atoms with van der Waals surface area (Å²) in [7, 11) is 0. The molecule has 0 spiro atoms. The second-order valence-electron chi connectivity index (χ2n) is 3.07. The van der Waals surface area contributed by atoms with Gasteiger partial charge in [-0.05, 0) is 19.1 Å². The number of fused-ring (bicyclic) bond motifs is 1. The molecule has 1 aromatic carbocycles. The normalized spacial score (nSPS) is 11.1. The van der Waals surface area contributed by atoms with E-state index in [1.165, 1.54) is 6.92 Å². The quantitative estimate of drug-likeness (QED) is 0.763. The Hall–Kier alpha value is -1.42. The van der Waals surface area contributed by atoms with Crippen LogP contribution in [-0.4, -0.2) is 5.11 Å². The van der Waals surface area contributed by atoms with Crippen molar-refractivity contribution in [2.24, 2.45) is 0 Å². The van der Waals surface area contributed by atoms with Gasteiger partial charge in [0.05, 0.1) is 12.0 Å². The standard InChI is InChI=1S/C10H8F2O2/c1-5-9(12)8-3-7(11)2-6(4-13)10(8)14-5/h2-3,13H,4H2,1H3. The lowest BCUT2D eigenvalue weighted by atomic mass is 10.1. The molecule has 0 radical (unpaired) electrons. The van der Waals surface area contributed by atoms with Crippen molar-refractivity contribution >= 4 is 11.0 Å². The summed E-state index contributed by atoms with van der Waals surface area (Å²) in [5, 5.41) is 8.99. The van der Waals surface area contributed by atoms with Crippen molar-refractivity contribution in [2.45, 2.75) is 13.5 Å². The molecule has 0 amide bonds. The van der Waals surface area contributed by atoms with Crippen LogP contribution in [0.5, 0.6) is 0 Å². The molecule has 74 valence electrons. The topological polar surface area (TPSA) is 33.4 Å². The van der Waals surface area contributed by atoms with Gasteiger partial charge in [-0.1, -0.05) is 0 Å². The summed E-state index contributed by atoms with van der Waals surface area (Å²) in [6.45, 7) is 1.08. The molecule has 1 heterocycles. The first kappa shape index (κ1) is 9.15. The highest BCUT2D eigenvalue weighted by atomic mass is 19.1. The fraction of sp³-hybridized carbons (Fsp3) is 0.200. The van der Waals surface area contributed by atoms with Gasteiger partial charge in [-0.15, -0.1) is 0 Å². The Balaban J connectivity index is 2.87. The maximum atomic E-state index is 13.3. The first-order valence-corrected chi connectivity index (χ1v) is 4.11. The molecule has 2 aromatic rings. The molecule has 14 heavy (non-hydrogen) atoms. The van der Waals surface area contributed by atoms with Crippen LogP contribution in [0.4, 0.5) is 8.78 Å². The van der Waals surface area contributed by atoms with Crippen molar-refractivity contribution in [2.75, 3.05) is 0 Å². The molecule has 1 N–H and O–H groups in total. The van der Waals surface area contributed by atoms with Crippen LogP contribution in [0.3, 0.4) is 0 Å². The second-order valence-corrected chi connectivity index (χ2v) is 3.07. The Kier molecular flexibility index (Phi) is 2.00. The maximum absolute atomic E-state index is 13.3. The van der Waals surface area contributed by atoms with E-state index < -0.39 is 11.6 Å². The van der Waals surface area contributed by atoms with E-state index >= 15 is 0 Å². The van der Waals surface area contributed by atoms with E-state index in [1.807, 2.05) is 0 Å². The van der Waals surface area contributed by atoms with Crippen LogP contribution >= 0.6 is 0 Å². The zero-order valence-electron chi connectivity index (χ0n) is 7.47. The molecular formula is C10H8F2O2. The van der Waals surface area contributed by atoms with Gasteiger partial charge in [0, 0.05) is 5.56 Å². The van der Waals surface area contributed by atoms with Gasteiger partial charge in [0.2, 0.25) is 0 Å². The van der Waals surface area contributed by atoms with Crippen LogP contribution < -0.4 is 0 Å². The van der Waals surface area contributed by atoms with Crippen LogP contribution in [0.25, 0.3) is 11.0 Å². The molecule has 1 aromatic heterocycles. The summed E-state index contributed by atoms with van der Waals surface area (Å²) >= 11 is 0. The SMILES string of the molecule is Cc1oc2c(CO)cc(F)cc2c1F. The van der Waals surface area contributed by atoms with Gasteiger partial charge in [0.1, 0.15) is 17.2 Å². The molecule has 2 rings (SSSR count). The largest absolute Gasteiger partial charge is 0.458 e. The van der Waals surface area contributed by atoms with Crippen LogP contribution in [0, 0.1) is 18.6 Å². The predicted molar refractivity (Wildman–Crippen MR) is 46.8 cm³/mol. The number of halogens is 2. The lowest BCUT2D eigenvalue weighted by Gasteiger charge is -1.97. The lowest BCUT2D eigenvalue weighted by molar-refractivity contribution is 0.281. The van der Waals surface area contributed by atoms with Gasteiger partial charge in [-0.2, -0.15) is 0 Å². The zero-order chi connectivity index (χ0) is 10.3. The van der Waals surface area contributed by atoms with Gasteiger partial charge in [-0.3, -0.25) is 0 Å².